The van der Waals surface area contributed by atoms with Crippen LogP contribution in [-0.2, 0) is 21.7 Å². The Bertz CT molecular complexity index is 4530. The maximum atomic E-state index is 8.55. The van der Waals surface area contributed by atoms with Gasteiger partial charge in [-0.15, -0.1) is 0 Å². The molecule has 6 bridgehead atoms. The van der Waals surface area contributed by atoms with Gasteiger partial charge in [-0.2, -0.15) is 0 Å². The van der Waals surface area contributed by atoms with Crippen LogP contribution in [0.3, 0.4) is 0 Å². The topological polar surface area (TPSA) is 84.0 Å². The predicted molar refractivity (Wildman–Crippen MR) is 312 cm³/mol. The molecule has 2 aromatic heterocycles. The second kappa shape index (κ2) is 15.2. The molecule has 0 spiro atoms. The second-order valence-corrected chi connectivity index (χ2v) is 32.5. The molecular weight excluding hydrogens is 1030 g/mol. The van der Waals surface area contributed by atoms with E-state index in [1.165, 1.54) is 22.3 Å². The molecule has 0 N–H and O–H groups in total. The second-order valence-electron chi connectivity index (χ2n) is 25.1. The van der Waals surface area contributed by atoms with Crippen LogP contribution in [-0.4, -0.2) is 49.3 Å². The zero-order valence-electron chi connectivity index (χ0n) is 44.1. The van der Waals surface area contributed by atoms with Gasteiger partial charge in [-0.25, -0.2) is 0 Å². The first kappa shape index (κ1) is 45.9. The van der Waals surface area contributed by atoms with E-state index in [1.807, 2.05) is 0 Å². The van der Waals surface area contributed by atoms with Gasteiger partial charge in [0.15, 0.2) is 0 Å². The van der Waals surface area contributed by atoms with Crippen LogP contribution < -0.4 is 11.0 Å². The number of rotatable bonds is 0. The van der Waals surface area contributed by atoms with Crippen LogP contribution in [0.4, 0.5) is 11.6 Å². The van der Waals surface area contributed by atoms with Crippen molar-refractivity contribution >= 4 is 129 Å². The minimum atomic E-state index is -4.15. The summed E-state index contributed by atoms with van der Waals surface area (Å²) in [5.74, 6) is 3.89. The molecule has 0 saturated carbocycles. The third-order valence-corrected chi connectivity index (χ3v) is 23.8. The summed E-state index contributed by atoms with van der Waals surface area (Å²) in [5.41, 5.74) is 10.1. The first-order chi connectivity index (χ1) is 35.0. The number of benzene rings is 8. The molecule has 362 valence electrons. The summed E-state index contributed by atoms with van der Waals surface area (Å²) in [6.45, 7) is 27.2. The summed E-state index contributed by atoms with van der Waals surface area (Å²) in [6.07, 6.45) is 0. The fourth-order valence-electron chi connectivity index (χ4n) is 11.4. The van der Waals surface area contributed by atoms with Crippen LogP contribution in [0.2, 0.25) is 0 Å². The van der Waals surface area contributed by atoms with E-state index in [4.69, 9.17) is 38.5 Å². The normalized spacial score (nSPS) is 15.3. The van der Waals surface area contributed by atoms with Crippen molar-refractivity contribution in [1.82, 2.24) is 5.11 Å². The third kappa shape index (κ3) is 6.94. The summed E-state index contributed by atoms with van der Waals surface area (Å²) in [5, 5.41) is 12.8. The Balaban J connectivity index is 1.17. The first-order valence-electron chi connectivity index (χ1n) is 25.9. The van der Waals surface area contributed by atoms with Crippen molar-refractivity contribution in [3.63, 3.8) is 0 Å². The van der Waals surface area contributed by atoms with E-state index in [0.717, 1.165) is 109 Å². The molecule has 10 heteroatoms. The van der Waals surface area contributed by atoms with Gasteiger partial charge in [-0.1, -0.05) is 0 Å². The SMILES string of the molecule is CC(C)(C)c1ccc2cc3c(cc2c1)C1=NC3=Nc2c3cc4cc(C(C)(C)C)ccc4cc3c3[n]2[In]([Cl])[n]2c(c4cc5ccc(C(C)(C)C)cc5cc4c2=NC2=NC(=N3)c3cc4cc(C(C)(C)C)ccc4cc32)=N1. The molecule has 10 aromatic rings. The molecule has 4 aliphatic rings. The molecule has 8 aromatic carbocycles. The first-order valence-corrected chi connectivity index (χ1v) is 33.0. The maximum absolute atomic E-state index is 8.55. The van der Waals surface area contributed by atoms with E-state index in [0.29, 0.717) is 23.3 Å². The van der Waals surface area contributed by atoms with E-state index < -0.39 is 20.8 Å². The molecule has 0 fully saturated rings. The van der Waals surface area contributed by atoms with Crippen molar-refractivity contribution in [2.45, 2.75) is 105 Å². The number of amidine groups is 4. The number of aromatic nitrogens is 2. The quantitative estimate of drug-likeness (QED) is 0.145. The Morgan fingerprint density at radius 1 is 0.311 bits per heavy atom. The average Bonchev–Trinajstić information content (AvgIpc) is 4.03. The van der Waals surface area contributed by atoms with Gasteiger partial charge in [-0.3, -0.25) is 0 Å². The number of fused-ring (bicyclic) bond motifs is 18. The van der Waals surface area contributed by atoms with E-state index in [2.05, 4.69) is 210 Å². The number of nitrogens with zero attached hydrogens (tertiary/aromatic N) is 8. The number of hydrogen-bond donors (Lipinski definition) is 0. The molecule has 14 rings (SSSR count). The van der Waals surface area contributed by atoms with Crippen LogP contribution in [0, 0.1) is 0 Å². The van der Waals surface area contributed by atoms with Crippen molar-refractivity contribution in [2.24, 2.45) is 30.0 Å². The Morgan fingerprint density at radius 3 is 0.959 bits per heavy atom. The molecule has 6 heterocycles. The summed E-state index contributed by atoms with van der Waals surface area (Å²) < 4.78 is 4.58. The Kier molecular flexibility index (Phi) is 9.44. The molecule has 0 radical (unpaired) electrons. The molecule has 0 unspecified atom stereocenters. The third-order valence-electron chi connectivity index (χ3n) is 15.9. The minimum absolute atomic E-state index is 0.0273. The van der Waals surface area contributed by atoms with E-state index in [-0.39, 0.29) is 21.7 Å². The van der Waals surface area contributed by atoms with Gasteiger partial charge in [0.25, 0.3) is 0 Å². The van der Waals surface area contributed by atoms with Gasteiger partial charge in [-0.05, 0) is 0 Å². The zero-order chi connectivity index (χ0) is 51.3. The van der Waals surface area contributed by atoms with E-state index in [9.17, 15) is 0 Å². The van der Waals surface area contributed by atoms with Crippen LogP contribution in [0.15, 0.2) is 151 Å². The van der Waals surface area contributed by atoms with Crippen LogP contribution in [0.25, 0.3) is 64.6 Å². The Labute approximate surface area is 442 Å². The fraction of sp³-hybridized carbons (Fsp3) is 0.250. The number of hydrogen-bond acceptors (Lipinski definition) is 6. The fourth-order valence-corrected chi connectivity index (χ4v) is 19.1. The summed E-state index contributed by atoms with van der Waals surface area (Å²) in [4.78, 5) is 33.8. The van der Waals surface area contributed by atoms with E-state index in [1.54, 1.807) is 0 Å². The van der Waals surface area contributed by atoms with Gasteiger partial charge in [0, 0.05) is 0 Å². The molecule has 8 nitrogen and oxygen atoms in total. The van der Waals surface area contributed by atoms with Crippen LogP contribution in [0.5, 0.6) is 0 Å². The summed E-state index contributed by atoms with van der Waals surface area (Å²) in [6, 6.07) is 45.4. The van der Waals surface area contributed by atoms with Crippen molar-refractivity contribution in [2.75, 3.05) is 0 Å². The molecule has 4 aliphatic heterocycles. The zero-order valence-corrected chi connectivity index (χ0v) is 48.1. The van der Waals surface area contributed by atoms with Gasteiger partial charge < -0.3 is 0 Å². The average molecular weight is 1090 g/mol. The number of halogens is 1. The van der Waals surface area contributed by atoms with Crippen LogP contribution in [0.1, 0.15) is 128 Å². The van der Waals surface area contributed by atoms with Crippen molar-refractivity contribution in [3.05, 3.63) is 177 Å². The van der Waals surface area contributed by atoms with Crippen molar-refractivity contribution in [1.29, 1.82) is 0 Å². The molecule has 0 atom stereocenters. The van der Waals surface area contributed by atoms with Gasteiger partial charge >= 0.3 is 446 Å². The van der Waals surface area contributed by atoms with Gasteiger partial charge in [0.2, 0.25) is 0 Å². The van der Waals surface area contributed by atoms with Crippen molar-refractivity contribution in [3.8, 4) is 0 Å². The standard InChI is InChI=1S/C64H56N8.ClH.In/c1-61(2,3)41-17-13-33-25-45-49(29-37(33)21-41)57-65-53(45)70-58-51-31-39-23-43(63(7,8)9)19-15-35(39)27-47(51)55(67-58)72-60-52-32-40-24-44(64(10,11)12)20-16-36(40)28-48(52)56(68-60)71-59-50-30-38-22-42(62(4,5)6)18-14-34(38)26-46(50)54(66-59)69-57;;/h13-32H,1-12H3;1H;/q-2;;+3/p-1. The molecule has 0 saturated heterocycles. The number of aliphatic imine (C=N–C) groups is 4. The van der Waals surface area contributed by atoms with Crippen LogP contribution >= 0.6 is 8.58 Å². The van der Waals surface area contributed by atoms with E-state index >= 15 is 0 Å². The van der Waals surface area contributed by atoms with Gasteiger partial charge in [0.1, 0.15) is 0 Å². The Hall–Kier alpha value is -6.68. The summed E-state index contributed by atoms with van der Waals surface area (Å²) in [7, 11) is 8.55. The molecule has 0 amide bonds. The van der Waals surface area contributed by atoms with Gasteiger partial charge in [0.05, 0.1) is 0 Å². The predicted octanol–water partition coefficient (Wildman–Crippen LogP) is 15.0. The summed E-state index contributed by atoms with van der Waals surface area (Å²) >= 11 is -4.15. The van der Waals surface area contributed by atoms with Crippen molar-refractivity contribution < 1.29 is 0 Å². The Morgan fingerprint density at radius 2 is 0.595 bits per heavy atom. The molecule has 0 aliphatic carbocycles. The monoisotopic (exact) mass is 1090 g/mol. The molecule has 74 heavy (non-hydrogen) atoms. The molecular formula is C64H56ClInN8.